The van der Waals surface area contributed by atoms with Gasteiger partial charge in [0, 0.05) is 30.1 Å². The van der Waals surface area contributed by atoms with Crippen LogP contribution in [0.1, 0.15) is 92.2 Å². The van der Waals surface area contributed by atoms with Gasteiger partial charge in [-0.25, -0.2) is 27.3 Å². The fourth-order valence-electron chi connectivity index (χ4n) is 8.33. The summed E-state index contributed by atoms with van der Waals surface area (Å²) >= 11 is 0. The van der Waals surface area contributed by atoms with Gasteiger partial charge in [-0.05, 0) is 75.5 Å². The number of sulfonamides is 1. The van der Waals surface area contributed by atoms with Crippen molar-refractivity contribution >= 4 is 44.7 Å². The standard InChI is InChI=1S/C43H54F7N7O9S/c1-8-9-23(2)16-24(3)34(52-38(61)66-39(5,6)43(48,49)50)36(59)56-21-27(18-30(56)35(58)53-41(20-25(41)4)37(60)55-67(62,63)40(22-44)13-14-40)65-31-19-33(57-15-12-32(54-57)42(45,46)47)51-29-17-26(64-7)10-11-28(29)31/h10-12,15,17,19,23-25,27,30,34H,8-9,13-14,16,18,20-22H2,1-7H3,(H,52,61)(H,53,58)(H,55,60)/t23-,24-,25-,27-,30+,34+,41-/m1/s1. The molecule has 4 amide bonds. The molecule has 0 spiro atoms. The molecule has 0 radical (unpaired) electrons. The Hall–Kier alpha value is -5.42. The summed E-state index contributed by atoms with van der Waals surface area (Å²) in [6, 6.07) is 3.50. The molecular weight excluding hydrogens is 924 g/mol. The van der Waals surface area contributed by atoms with Crippen LogP contribution in [-0.2, 0) is 35.3 Å². The van der Waals surface area contributed by atoms with Crippen molar-refractivity contribution in [2.24, 2.45) is 17.8 Å². The molecule has 0 bridgehead atoms. The molecule has 1 aromatic carbocycles. The van der Waals surface area contributed by atoms with Crippen LogP contribution in [0.5, 0.6) is 11.5 Å². The molecule has 3 heterocycles. The van der Waals surface area contributed by atoms with Gasteiger partial charge < -0.3 is 29.7 Å². The first-order valence-electron chi connectivity index (χ1n) is 21.7. The van der Waals surface area contributed by atoms with E-state index in [9.17, 15) is 58.3 Å². The summed E-state index contributed by atoms with van der Waals surface area (Å²) in [4.78, 5) is 61.9. The lowest BCUT2D eigenvalue weighted by Crippen LogP contribution is -2.60. The first-order valence-corrected chi connectivity index (χ1v) is 23.2. The maximum Gasteiger partial charge on any atom is 0.435 e. The van der Waals surface area contributed by atoms with Crippen LogP contribution in [0.15, 0.2) is 36.5 Å². The minimum Gasteiger partial charge on any atom is -0.497 e. The van der Waals surface area contributed by atoms with E-state index < -0.39 is 111 Å². The lowest BCUT2D eigenvalue weighted by molar-refractivity contribution is -0.244. The molecule has 3 fully saturated rings. The summed E-state index contributed by atoms with van der Waals surface area (Å²) < 4.78 is 140. The maximum atomic E-state index is 14.9. The molecule has 24 heteroatoms. The number of carbonyl (C=O) groups excluding carboxylic acids is 4. The van der Waals surface area contributed by atoms with Gasteiger partial charge in [-0.3, -0.25) is 19.1 Å². The Balaban J connectivity index is 1.37. The summed E-state index contributed by atoms with van der Waals surface area (Å²) in [5.41, 5.74) is -5.82. The van der Waals surface area contributed by atoms with Crippen LogP contribution in [0.2, 0.25) is 0 Å². The van der Waals surface area contributed by atoms with E-state index >= 15 is 0 Å². The van der Waals surface area contributed by atoms with Crippen LogP contribution in [0.4, 0.5) is 35.5 Å². The Labute approximate surface area is 382 Å². The number of amides is 4. The highest BCUT2D eigenvalue weighted by atomic mass is 32.2. The number of aromatic nitrogens is 3. The van der Waals surface area contributed by atoms with Crippen LogP contribution in [-0.4, -0.2) is 112 Å². The van der Waals surface area contributed by atoms with E-state index in [1.54, 1.807) is 26.0 Å². The quantitative estimate of drug-likeness (QED) is 0.117. The lowest BCUT2D eigenvalue weighted by Gasteiger charge is -2.34. The number of alkyl halides is 7. The summed E-state index contributed by atoms with van der Waals surface area (Å²) in [6.45, 7) is 6.56. The molecule has 0 unspecified atom stereocenters. The number of methoxy groups -OCH3 is 1. The van der Waals surface area contributed by atoms with Gasteiger partial charge in [-0.15, -0.1) is 0 Å². The molecule has 1 saturated heterocycles. The third-order valence-corrected chi connectivity index (χ3v) is 14.9. The molecule has 1 aliphatic heterocycles. The molecule has 2 aliphatic carbocycles. The lowest BCUT2D eigenvalue weighted by atomic mass is 9.88. The van der Waals surface area contributed by atoms with Gasteiger partial charge in [0.15, 0.2) is 11.5 Å². The largest absolute Gasteiger partial charge is 0.497 e. The topological polar surface area (TPSA) is 200 Å². The molecular formula is C43H54F7N7O9S. The van der Waals surface area contributed by atoms with E-state index in [2.05, 4.69) is 20.7 Å². The molecule has 7 atom stereocenters. The van der Waals surface area contributed by atoms with Crippen LogP contribution < -0.4 is 24.8 Å². The van der Waals surface area contributed by atoms with Crippen molar-refractivity contribution in [3.8, 4) is 17.3 Å². The van der Waals surface area contributed by atoms with Crippen LogP contribution in [0, 0.1) is 17.8 Å². The van der Waals surface area contributed by atoms with E-state index in [0.717, 1.165) is 28.3 Å². The molecule has 6 rings (SSSR count). The monoisotopic (exact) mass is 977 g/mol. The number of nitrogens with zero attached hydrogens (tertiary/aromatic N) is 4. The second kappa shape index (κ2) is 18.6. The summed E-state index contributed by atoms with van der Waals surface area (Å²) in [6.07, 6.45) is -10.2. The van der Waals surface area contributed by atoms with Crippen LogP contribution in [0.3, 0.4) is 0 Å². The SMILES string of the molecule is CCC[C@@H](C)C[C@@H](C)[C@H](NC(=O)OC(C)(C)C(F)(F)F)C(=O)N1C[C@H](Oc2cc(-n3ccc(C(F)(F)F)n3)nc3cc(OC)ccc23)C[C@H]1C(=O)N[C@]1(C(=O)NS(=O)(=O)C2(CF)CC2)C[C@H]1C. The molecule has 2 saturated carbocycles. The van der Waals surface area contributed by atoms with Gasteiger partial charge in [0.05, 0.1) is 19.2 Å². The van der Waals surface area contributed by atoms with Crippen molar-refractivity contribution in [1.82, 2.24) is 35.0 Å². The second-order valence-electron chi connectivity index (χ2n) is 18.4. The fourth-order valence-corrected chi connectivity index (χ4v) is 9.75. The molecule has 3 aromatic rings. The van der Waals surface area contributed by atoms with Crippen molar-refractivity contribution in [2.75, 3.05) is 20.3 Å². The minimum atomic E-state index is -5.00. The Bertz CT molecular complexity index is 2480. The number of likely N-dealkylation sites (tertiary alicyclic amines) is 1. The number of hydrogen-bond acceptors (Lipinski definition) is 11. The third kappa shape index (κ3) is 10.7. The smallest absolute Gasteiger partial charge is 0.435 e. The van der Waals surface area contributed by atoms with Gasteiger partial charge in [0.25, 0.3) is 5.91 Å². The first kappa shape index (κ1) is 51.0. The zero-order valence-corrected chi connectivity index (χ0v) is 38.6. The van der Waals surface area contributed by atoms with Gasteiger partial charge in [-0.2, -0.15) is 31.4 Å². The van der Waals surface area contributed by atoms with Crippen LogP contribution >= 0.6 is 0 Å². The normalized spacial score (nSPS) is 22.9. The Morgan fingerprint density at radius 3 is 2.25 bits per heavy atom. The number of alkyl carbamates (subject to hydrolysis) is 1. The van der Waals surface area contributed by atoms with Crippen molar-refractivity contribution in [3.05, 3.63) is 42.2 Å². The number of halogens is 7. The zero-order valence-electron chi connectivity index (χ0n) is 37.8. The Kier molecular flexibility index (Phi) is 14.1. The van der Waals surface area contributed by atoms with Gasteiger partial charge in [0.1, 0.15) is 46.6 Å². The number of fused-ring (bicyclic) bond motifs is 1. The maximum absolute atomic E-state index is 14.9. The zero-order chi connectivity index (χ0) is 49.7. The first-order chi connectivity index (χ1) is 31.1. The highest BCUT2D eigenvalue weighted by Gasteiger charge is 2.63. The molecule has 16 nitrogen and oxygen atoms in total. The van der Waals surface area contributed by atoms with Gasteiger partial charge in [-0.1, -0.05) is 40.5 Å². The third-order valence-electron chi connectivity index (χ3n) is 12.8. The highest BCUT2D eigenvalue weighted by Crippen LogP contribution is 2.47. The number of ether oxygens (including phenoxy) is 3. The number of rotatable bonds is 18. The minimum absolute atomic E-state index is 0.0123. The van der Waals surface area contributed by atoms with Gasteiger partial charge >= 0.3 is 18.4 Å². The molecule has 3 aliphatic rings. The average Bonchev–Trinajstić information content (AvgIpc) is 4.02. The van der Waals surface area contributed by atoms with E-state index in [1.807, 2.05) is 18.6 Å². The number of pyridine rings is 1. The Morgan fingerprint density at radius 2 is 1.70 bits per heavy atom. The average molecular weight is 978 g/mol. The Morgan fingerprint density at radius 1 is 1.03 bits per heavy atom. The molecule has 370 valence electrons. The van der Waals surface area contributed by atoms with Crippen molar-refractivity contribution in [1.29, 1.82) is 0 Å². The predicted octanol–water partition coefficient (Wildman–Crippen LogP) is 6.54. The second-order valence-corrected chi connectivity index (χ2v) is 20.5. The van der Waals surface area contributed by atoms with Crippen molar-refractivity contribution in [2.45, 2.75) is 133 Å². The molecule has 3 N–H and O–H groups in total. The van der Waals surface area contributed by atoms with Crippen molar-refractivity contribution < 1.29 is 72.5 Å². The summed E-state index contributed by atoms with van der Waals surface area (Å²) in [7, 11) is -3.13. The fraction of sp³-hybridized carbons (Fsp3) is 0.628. The summed E-state index contributed by atoms with van der Waals surface area (Å²) in [5, 5.41) is 8.85. The number of carbonyl (C=O) groups is 4. The predicted molar refractivity (Wildman–Crippen MR) is 226 cm³/mol. The van der Waals surface area contributed by atoms with E-state index in [0.29, 0.717) is 31.4 Å². The van der Waals surface area contributed by atoms with Crippen LogP contribution in [0.25, 0.3) is 16.7 Å². The van der Waals surface area contributed by atoms with E-state index in [1.165, 1.54) is 19.2 Å². The highest BCUT2D eigenvalue weighted by molar-refractivity contribution is 7.91. The van der Waals surface area contributed by atoms with Crippen molar-refractivity contribution in [3.63, 3.8) is 0 Å². The van der Waals surface area contributed by atoms with Gasteiger partial charge in [0.2, 0.25) is 27.4 Å². The van der Waals surface area contributed by atoms with E-state index in [4.69, 9.17) is 14.2 Å². The molecule has 67 heavy (non-hydrogen) atoms. The number of nitrogens with one attached hydrogen (secondary N) is 3. The number of hydrogen-bond donors (Lipinski definition) is 3. The molecule has 2 aromatic heterocycles. The summed E-state index contributed by atoms with van der Waals surface area (Å²) in [5.74, 6) is -4.26. The number of benzene rings is 1. The van der Waals surface area contributed by atoms with E-state index in [-0.39, 0.29) is 55.1 Å².